The minimum atomic E-state index is -5.08. The molecule has 0 unspecified atom stereocenters. The summed E-state index contributed by atoms with van der Waals surface area (Å²) in [5.41, 5.74) is -0.115. The van der Waals surface area contributed by atoms with E-state index in [1.165, 1.54) is 6.07 Å². The van der Waals surface area contributed by atoms with Gasteiger partial charge in [0.25, 0.3) is 0 Å². The van der Waals surface area contributed by atoms with E-state index < -0.39 is 35.5 Å². The highest BCUT2D eigenvalue weighted by molar-refractivity contribution is 6.31. The van der Waals surface area contributed by atoms with E-state index in [0.717, 1.165) is 43.1 Å². The van der Waals surface area contributed by atoms with Gasteiger partial charge in [0.15, 0.2) is 5.82 Å². The number of nitrogens with one attached hydrogen (secondary N) is 2. The van der Waals surface area contributed by atoms with Gasteiger partial charge in [0.05, 0.1) is 12.1 Å². The van der Waals surface area contributed by atoms with Crippen LogP contribution in [0.4, 0.5) is 44.2 Å². The smallest absolute Gasteiger partial charge is 0.475 e. The number of amides is 2. The second-order valence-corrected chi connectivity index (χ2v) is 7.67. The minimum Gasteiger partial charge on any atom is -0.475 e. The zero-order valence-corrected chi connectivity index (χ0v) is 20.1. The van der Waals surface area contributed by atoms with Crippen LogP contribution in [0, 0.1) is 11.6 Å². The molecule has 0 saturated carbocycles. The lowest BCUT2D eigenvalue weighted by Gasteiger charge is -2.29. The van der Waals surface area contributed by atoms with E-state index in [2.05, 4.69) is 39.3 Å². The Labute approximate surface area is 208 Å². The van der Waals surface area contributed by atoms with Gasteiger partial charge in [0.2, 0.25) is 5.95 Å². The maximum absolute atomic E-state index is 14.3. The monoisotopic (exact) mass is 538 g/mol. The van der Waals surface area contributed by atoms with E-state index in [4.69, 9.17) is 21.5 Å². The minimum absolute atomic E-state index is 0.0593. The first-order valence-corrected chi connectivity index (χ1v) is 11.1. The lowest BCUT2D eigenvalue weighted by molar-refractivity contribution is -0.192. The number of carbonyl (C=O) groups excluding carboxylic acids is 1. The lowest BCUT2D eigenvalue weighted by atomic mass is 10.2. The number of para-hydroxylation sites is 1. The summed E-state index contributed by atoms with van der Waals surface area (Å²) in [5, 5.41) is 12.9. The van der Waals surface area contributed by atoms with Gasteiger partial charge in [-0.3, -0.25) is 0 Å². The molecule has 0 saturated heterocycles. The van der Waals surface area contributed by atoms with Gasteiger partial charge in [-0.15, -0.1) is 0 Å². The third-order valence-electron chi connectivity index (χ3n) is 5.00. The van der Waals surface area contributed by atoms with E-state index in [1.54, 1.807) is 0 Å². The van der Waals surface area contributed by atoms with Crippen LogP contribution in [0.5, 0.6) is 0 Å². The summed E-state index contributed by atoms with van der Waals surface area (Å²) in [6, 6.07) is 2.69. The number of nitrogens with zero attached hydrogens (tertiary/aromatic N) is 4. The van der Waals surface area contributed by atoms with Gasteiger partial charge < -0.3 is 20.6 Å². The Morgan fingerprint density at radius 2 is 1.81 bits per heavy atom. The Kier molecular flexibility index (Phi) is 10.2. The van der Waals surface area contributed by atoms with Gasteiger partial charge in [0.1, 0.15) is 22.5 Å². The first-order valence-electron chi connectivity index (χ1n) is 10.7. The molecule has 2 heterocycles. The number of aliphatic carboxylic acids is 1. The van der Waals surface area contributed by atoms with Crippen LogP contribution >= 0.6 is 11.6 Å². The Morgan fingerprint density at radius 3 is 2.33 bits per heavy atom. The first kappa shape index (κ1) is 29.0. The van der Waals surface area contributed by atoms with Gasteiger partial charge in [-0.1, -0.05) is 31.5 Å². The summed E-state index contributed by atoms with van der Waals surface area (Å²) in [7, 11) is 0. The number of benzene rings is 1. The van der Waals surface area contributed by atoms with Crippen molar-refractivity contribution < 1.29 is 36.6 Å². The van der Waals surface area contributed by atoms with Crippen molar-refractivity contribution in [3.05, 3.63) is 40.6 Å². The summed E-state index contributed by atoms with van der Waals surface area (Å²) in [6.07, 6.45) is -4.23. The van der Waals surface area contributed by atoms with Gasteiger partial charge in [-0.25, -0.2) is 28.3 Å². The summed E-state index contributed by atoms with van der Waals surface area (Å²) >= 11 is 6.27. The fourth-order valence-electron chi connectivity index (χ4n) is 3.15. The molecule has 0 bridgehead atoms. The van der Waals surface area contributed by atoms with E-state index >= 15 is 0 Å². The number of carboxylic acid groups (broad SMARTS) is 1. The zero-order chi connectivity index (χ0) is 27.0. The van der Waals surface area contributed by atoms with Gasteiger partial charge in [-0.2, -0.15) is 18.2 Å². The maximum Gasteiger partial charge on any atom is 0.490 e. The Bertz CT molecular complexity index is 1060. The van der Waals surface area contributed by atoms with Gasteiger partial charge in [-0.05, 0) is 38.2 Å². The molecule has 1 aliphatic rings. The SMILES string of the molecule is CCN(CC)CCCNc1nc(Cl)c2c(n1)N(c1c(F)cccc1F)C(=O)NC2.O=C(O)C(F)(F)F. The molecule has 1 aromatic heterocycles. The van der Waals surface area contributed by atoms with Crippen molar-refractivity contribution in [3.8, 4) is 0 Å². The average Bonchev–Trinajstić information content (AvgIpc) is 2.80. The number of alkyl halides is 3. The number of hydrogen-bond acceptors (Lipinski definition) is 6. The number of aromatic nitrogens is 2. The molecule has 0 fully saturated rings. The molecule has 9 nitrogen and oxygen atoms in total. The van der Waals surface area contributed by atoms with Gasteiger partial charge >= 0.3 is 18.2 Å². The van der Waals surface area contributed by atoms with Crippen molar-refractivity contribution in [2.45, 2.75) is 33.0 Å². The zero-order valence-electron chi connectivity index (χ0n) is 19.3. The van der Waals surface area contributed by atoms with Crippen molar-refractivity contribution in [2.75, 3.05) is 36.4 Å². The average molecular weight is 539 g/mol. The fraction of sp³-hybridized carbons (Fsp3) is 0.429. The van der Waals surface area contributed by atoms with E-state index in [-0.39, 0.29) is 23.5 Å². The molecule has 1 aliphatic heterocycles. The van der Waals surface area contributed by atoms with Crippen molar-refractivity contribution in [1.29, 1.82) is 0 Å². The number of rotatable bonds is 8. The highest BCUT2D eigenvalue weighted by Gasteiger charge is 2.38. The predicted octanol–water partition coefficient (Wildman–Crippen LogP) is 4.55. The molecule has 1 aromatic carbocycles. The molecule has 15 heteroatoms. The molecule has 2 amide bonds. The predicted molar refractivity (Wildman–Crippen MR) is 122 cm³/mol. The number of hydrogen-bond donors (Lipinski definition) is 3. The van der Waals surface area contributed by atoms with Crippen molar-refractivity contribution in [2.24, 2.45) is 0 Å². The molecule has 3 N–H and O–H groups in total. The fourth-order valence-corrected chi connectivity index (χ4v) is 3.38. The molecule has 198 valence electrons. The number of anilines is 3. The van der Waals surface area contributed by atoms with E-state index in [9.17, 15) is 26.7 Å². The number of carboxylic acids is 1. The van der Waals surface area contributed by atoms with Crippen LogP contribution in [0.3, 0.4) is 0 Å². The van der Waals surface area contributed by atoms with Crippen LogP contribution < -0.4 is 15.5 Å². The molecule has 2 aromatic rings. The van der Waals surface area contributed by atoms with Crippen LogP contribution in [-0.4, -0.2) is 64.3 Å². The van der Waals surface area contributed by atoms with E-state index in [1.807, 2.05) is 0 Å². The van der Waals surface area contributed by atoms with Crippen LogP contribution in [-0.2, 0) is 11.3 Å². The molecule has 3 rings (SSSR count). The Morgan fingerprint density at radius 1 is 1.22 bits per heavy atom. The van der Waals surface area contributed by atoms with Crippen molar-refractivity contribution in [3.63, 3.8) is 0 Å². The second-order valence-electron chi connectivity index (χ2n) is 7.31. The highest BCUT2D eigenvalue weighted by atomic mass is 35.5. The Balaban J connectivity index is 0.000000572. The first-order chi connectivity index (χ1) is 16.9. The quantitative estimate of drug-likeness (QED) is 0.257. The number of carbonyl (C=O) groups is 2. The van der Waals surface area contributed by atoms with Gasteiger partial charge in [0, 0.05) is 6.54 Å². The molecule has 0 atom stereocenters. The molecular weight excluding hydrogens is 515 g/mol. The molecule has 36 heavy (non-hydrogen) atoms. The summed E-state index contributed by atoms with van der Waals surface area (Å²) in [6.45, 7) is 7.71. The molecular formula is C21H24ClF5N6O3. The topological polar surface area (TPSA) is 111 Å². The second kappa shape index (κ2) is 12.6. The summed E-state index contributed by atoms with van der Waals surface area (Å²) in [5.74, 6) is -4.26. The van der Waals surface area contributed by atoms with Crippen LogP contribution in [0.2, 0.25) is 5.15 Å². The van der Waals surface area contributed by atoms with Crippen molar-refractivity contribution >= 4 is 41.1 Å². The van der Waals surface area contributed by atoms with Crippen molar-refractivity contribution in [1.82, 2.24) is 20.2 Å². The largest absolute Gasteiger partial charge is 0.490 e. The number of urea groups is 1. The maximum atomic E-state index is 14.3. The standard InChI is InChI=1S/C19H23ClF2N6O.C2HF3O2/c1-3-27(4-2)10-6-9-23-18-25-16(20)12-11-24-19(29)28(17(12)26-18)15-13(21)7-5-8-14(15)22;3-2(4,5)1(6)7/h5,7-8H,3-4,6,9-11H2,1-2H3,(H,24,29)(H,23,25,26);(H,6,7). The highest BCUT2D eigenvalue weighted by Crippen LogP contribution is 2.36. The molecule has 0 radical (unpaired) electrons. The number of fused-ring (bicyclic) bond motifs is 1. The third-order valence-corrected chi connectivity index (χ3v) is 5.31. The number of halogens is 6. The third kappa shape index (κ3) is 7.37. The normalized spacial score (nSPS) is 13.0. The Hall–Kier alpha value is -3.26. The molecule has 0 spiro atoms. The summed E-state index contributed by atoms with van der Waals surface area (Å²) in [4.78, 5) is 33.0. The lowest BCUT2D eigenvalue weighted by Crippen LogP contribution is -2.43. The van der Waals surface area contributed by atoms with Crippen LogP contribution in [0.25, 0.3) is 0 Å². The van der Waals surface area contributed by atoms with Crippen LogP contribution in [0.15, 0.2) is 18.2 Å². The molecule has 0 aliphatic carbocycles. The van der Waals surface area contributed by atoms with E-state index in [0.29, 0.717) is 12.1 Å². The van der Waals surface area contributed by atoms with Crippen LogP contribution in [0.1, 0.15) is 25.8 Å². The summed E-state index contributed by atoms with van der Waals surface area (Å²) < 4.78 is 60.4.